The highest BCUT2D eigenvalue weighted by atomic mass is 35.5. The van der Waals surface area contributed by atoms with E-state index < -0.39 is 0 Å². The van der Waals surface area contributed by atoms with Crippen LogP contribution in [0.1, 0.15) is 24.2 Å². The molecule has 2 aromatic rings. The van der Waals surface area contributed by atoms with E-state index in [0.29, 0.717) is 26.7 Å². The number of hydrogen-bond donors (Lipinski definition) is 0. The number of benzene rings is 1. The quantitative estimate of drug-likeness (QED) is 0.591. The van der Waals surface area contributed by atoms with E-state index in [2.05, 4.69) is 29.4 Å². The van der Waals surface area contributed by atoms with E-state index in [0.717, 1.165) is 6.54 Å². The molecule has 0 atom stereocenters. The molecule has 0 bridgehead atoms. The fraction of sp³-hybridized carbons (Fsp3) is 0.385. The molecule has 0 fully saturated rings. The van der Waals surface area contributed by atoms with E-state index in [-0.39, 0.29) is 11.5 Å². The Labute approximate surface area is 137 Å². The largest absolute Gasteiger partial charge is 0.293 e. The first kappa shape index (κ1) is 16.3. The van der Waals surface area contributed by atoms with Crippen LogP contribution in [0, 0.1) is 5.92 Å². The average molecular weight is 345 g/mol. The predicted molar refractivity (Wildman–Crippen MR) is 84.2 cm³/mol. The number of tetrazole rings is 1. The Morgan fingerprint density at radius 2 is 2.10 bits per heavy atom. The monoisotopic (exact) mass is 344 g/mol. The van der Waals surface area contributed by atoms with E-state index in [1.807, 2.05) is 0 Å². The van der Waals surface area contributed by atoms with Gasteiger partial charge >= 0.3 is 0 Å². The third-order valence-electron chi connectivity index (χ3n) is 2.61. The molecular weight excluding hydrogens is 331 g/mol. The second-order valence-electron chi connectivity index (χ2n) is 4.88. The molecule has 0 saturated carbocycles. The van der Waals surface area contributed by atoms with Crippen LogP contribution in [-0.4, -0.2) is 31.7 Å². The fourth-order valence-electron chi connectivity index (χ4n) is 1.64. The molecule has 1 aromatic carbocycles. The molecular formula is C13H14Cl2N4OS. The lowest BCUT2D eigenvalue weighted by atomic mass is 10.1. The molecule has 5 nitrogen and oxygen atoms in total. The minimum atomic E-state index is -0.0438. The fourth-order valence-corrected chi connectivity index (χ4v) is 2.72. The summed E-state index contributed by atoms with van der Waals surface area (Å²) in [6, 6.07) is 4.85. The smallest absolute Gasteiger partial charge is 0.209 e. The first-order valence-corrected chi connectivity index (χ1v) is 8.08. The lowest BCUT2D eigenvalue weighted by Crippen LogP contribution is -2.09. The normalized spacial score (nSPS) is 11.1. The van der Waals surface area contributed by atoms with Crippen LogP contribution in [0.15, 0.2) is 23.4 Å². The van der Waals surface area contributed by atoms with E-state index in [4.69, 9.17) is 23.2 Å². The summed E-state index contributed by atoms with van der Waals surface area (Å²) in [5.41, 5.74) is 0.528. The Bertz CT molecular complexity index is 645. The van der Waals surface area contributed by atoms with Crippen LogP contribution in [0.4, 0.5) is 0 Å². The number of rotatable bonds is 6. The number of thioether (sulfide) groups is 1. The molecule has 0 amide bonds. The zero-order chi connectivity index (χ0) is 15.4. The highest BCUT2D eigenvalue weighted by molar-refractivity contribution is 7.99. The maximum absolute atomic E-state index is 12.1. The third kappa shape index (κ3) is 4.43. The Hall–Kier alpha value is -1.11. The van der Waals surface area contributed by atoms with Crippen molar-refractivity contribution in [3.8, 4) is 0 Å². The summed E-state index contributed by atoms with van der Waals surface area (Å²) < 4.78 is 1.71. The van der Waals surface area contributed by atoms with Gasteiger partial charge in [0.15, 0.2) is 5.78 Å². The minimum Gasteiger partial charge on any atom is -0.293 e. The maximum atomic E-state index is 12.1. The molecule has 1 aromatic heterocycles. The second kappa shape index (κ2) is 7.24. The highest BCUT2D eigenvalue weighted by Crippen LogP contribution is 2.24. The number of ketones is 1. The molecule has 0 radical (unpaired) electrons. The van der Waals surface area contributed by atoms with E-state index in [9.17, 15) is 4.79 Å². The topological polar surface area (TPSA) is 60.7 Å². The van der Waals surface area contributed by atoms with Gasteiger partial charge < -0.3 is 0 Å². The Morgan fingerprint density at radius 3 is 2.76 bits per heavy atom. The average Bonchev–Trinajstić information content (AvgIpc) is 2.85. The van der Waals surface area contributed by atoms with E-state index in [1.54, 1.807) is 22.9 Å². The number of nitrogens with zero attached hydrogens (tertiary/aromatic N) is 4. The van der Waals surface area contributed by atoms with Gasteiger partial charge in [0.2, 0.25) is 5.16 Å². The van der Waals surface area contributed by atoms with Crippen LogP contribution in [0.25, 0.3) is 0 Å². The summed E-state index contributed by atoms with van der Waals surface area (Å²) in [6.45, 7) is 4.88. The van der Waals surface area contributed by atoms with Gasteiger partial charge in [0.25, 0.3) is 0 Å². The van der Waals surface area contributed by atoms with E-state index in [1.165, 1.54) is 11.8 Å². The van der Waals surface area contributed by atoms with Crippen molar-refractivity contribution >= 4 is 40.7 Å². The summed E-state index contributed by atoms with van der Waals surface area (Å²) in [5, 5.41) is 12.9. The summed E-state index contributed by atoms with van der Waals surface area (Å²) >= 11 is 13.1. The molecule has 112 valence electrons. The molecule has 1 heterocycles. The Morgan fingerprint density at radius 1 is 1.33 bits per heavy atom. The first-order valence-electron chi connectivity index (χ1n) is 6.34. The van der Waals surface area contributed by atoms with Gasteiger partial charge in [0.05, 0.1) is 15.8 Å². The van der Waals surface area contributed by atoms with Crippen molar-refractivity contribution in [2.75, 3.05) is 5.75 Å². The van der Waals surface area contributed by atoms with Crippen LogP contribution < -0.4 is 0 Å². The molecule has 21 heavy (non-hydrogen) atoms. The van der Waals surface area contributed by atoms with Crippen LogP contribution in [0.2, 0.25) is 10.0 Å². The Kier molecular flexibility index (Phi) is 5.61. The van der Waals surface area contributed by atoms with Crippen molar-refractivity contribution in [2.24, 2.45) is 5.92 Å². The molecule has 0 N–H and O–H groups in total. The van der Waals surface area contributed by atoms with Crippen molar-refractivity contribution in [3.63, 3.8) is 0 Å². The molecule has 0 aliphatic heterocycles. The van der Waals surface area contributed by atoms with Gasteiger partial charge in [-0.2, -0.15) is 0 Å². The second-order valence-corrected chi connectivity index (χ2v) is 6.64. The summed E-state index contributed by atoms with van der Waals surface area (Å²) in [7, 11) is 0. The van der Waals surface area contributed by atoms with Crippen LogP contribution in [0.3, 0.4) is 0 Å². The molecule has 0 unspecified atom stereocenters. The van der Waals surface area contributed by atoms with Gasteiger partial charge in [0, 0.05) is 12.1 Å². The number of aromatic nitrogens is 4. The van der Waals surface area contributed by atoms with Gasteiger partial charge in [-0.1, -0.05) is 48.8 Å². The van der Waals surface area contributed by atoms with Crippen molar-refractivity contribution in [1.82, 2.24) is 20.2 Å². The number of halogens is 2. The standard InChI is InChI=1S/C13H14Cl2N4OS/c1-8(2)6-19-13(16-17-18-19)21-7-12(20)9-3-4-10(14)11(15)5-9/h3-5,8H,6-7H2,1-2H3. The zero-order valence-electron chi connectivity index (χ0n) is 11.6. The summed E-state index contributed by atoms with van der Waals surface area (Å²) in [4.78, 5) is 12.1. The molecule has 0 aliphatic carbocycles. The molecule has 0 saturated heterocycles. The number of Topliss-reactive ketones (excluding diaryl/α,β-unsaturated/α-hetero) is 1. The predicted octanol–water partition coefficient (Wildman–Crippen LogP) is 3.61. The number of carbonyl (C=O) groups is 1. The van der Waals surface area contributed by atoms with Gasteiger partial charge in [-0.25, -0.2) is 4.68 Å². The number of hydrogen-bond acceptors (Lipinski definition) is 5. The highest BCUT2D eigenvalue weighted by Gasteiger charge is 2.13. The molecule has 8 heteroatoms. The molecule has 0 spiro atoms. The number of carbonyl (C=O) groups excluding carboxylic acids is 1. The van der Waals surface area contributed by atoms with Crippen molar-refractivity contribution in [2.45, 2.75) is 25.5 Å². The Balaban J connectivity index is 2.01. The van der Waals surface area contributed by atoms with E-state index >= 15 is 0 Å². The first-order chi connectivity index (χ1) is 9.97. The summed E-state index contributed by atoms with van der Waals surface area (Å²) in [5.74, 6) is 0.632. The van der Waals surface area contributed by atoms with Gasteiger partial charge in [-0.3, -0.25) is 4.79 Å². The maximum Gasteiger partial charge on any atom is 0.209 e. The van der Waals surface area contributed by atoms with Crippen LogP contribution >= 0.6 is 35.0 Å². The van der Waals surface area contributed by atoms with Gasteiger partial charge in [-0.05, 0) is 34.5 Å². The lowest BCUT2D eigenvalue weighted by molar-refractivity contribution is 0.102. The van der Waals surface area contributed by atoms with Crippen LogP contribution in [0.5, 0.6) is 0 Å². The molecule has 0 aliphatic rings. The van der Waals surface area contributed by atoms with Gasteiger partial charge in [0.1, 0.15) is 0 Å². The third-order valence-corrected chi connectivity index (χ3v) is 4.31. The minimum absolute atomic E-state index is 0.0438. The van der Waals surface area contributed by atoms with Crippen molar-refractivity contribution in [3.05, 3.63) is 33.8 Å². The van der Waals surface area contributed by atoms with Crippen molar-refractivity contribution in [1.29, 1.82) is 0 Å². The lowest BCUT2D eigenvalue weighted by Gasteiger charge is -2.06. The van der Waals surface area contributed by atoms with Gasteiger partial charge in [-0.15, -0.1) is 5.10 Å². The summed E-state index contributed by atoms with van der Waals surface area (Å²) in [6.07, 6.45) is 0. The van der Waals surface area contributed by atoms with Crippen molar-refractivity contribution < 1.29 is 4.79 Å². The zero-order valence-corrected chi connectivity index (χ0v) is 13.9. The molecule has 2 rings (SSSR count). The SMILES string of the molecule is CC(C)Cn1nnnc1SCC(=O)c1ccc(Cl)c(Cl)c1. The van der Waals surface area contributed by atoms with Crippen LogP contribution in [-0.2, 0) is 6.54 Å².